The van der Waals surface area contributed by atoms with Gasteiger partial charge < -0.3 is 10.2 Å². The van der Waals surface area contributed by atoms with Gasteiger partial charge in [0.1, 0.15) is 0 Å². The standard InChI is InChI=1S/C19H23N3O3S/c23-19(21-14-17-8-4-5-11-20-17)22-12-9-18(10-13-22)26(24,25)15-16-6-2-1-3-7-16/h1-8,11,18H,9-10,12-15H2,(H,21,23). The molecular weight excluding hydrogens is 350 g/mol. The van der Waals surface area contributed by atoms with E-state index in [4.69, 9.17) is 0 Å². The lowest BCUT2D eigenvalue weighted by atomic mass is 10.1. The maximum Gasteiger partial charge on any atom is 0.317 e. The van der Waals surface area contributed by atoms with E-state index in [1.165, 1.54) is 0 Å². The highest BCUT2D eigenvalue weighted by atomic mass is 32.2. The molecule has 0 atom stereocenters. The van der Waals surface area contributed by atoms with Crippen LogP contribution in [0, 0.1) is 0 Å². The van der Waals surface area contributed by atoms with Crippen LogP contribution in [0.2, 0.25) is 0 Å². The molecule has 7 heteroatoms. The monoisotopic (exact) mass is 373 g/mol. The molecule has 3 rings (SSSR count). The zero-order valence-corrected chi connectivity index (χ0v) is 15.4. The molecule has 2 heterocycles. The number of benzene rings is 1. The second-order valence-corrected chi connectivity index (χ2v) is 8.74. The average molecular weight is 373 g/mol. The molecule has 0 aliphatic carbocycles. The highest BCUT2D eigenvalue weighted by Crippen LogP contribution is 2.21. The van der Waals surface area contributed by atoms with Crippen molar-refractivity contribution in [3.8, 4) is 0 Å². The highest BCUT2D eigenvalue weighted by Gasteiger charge is 2.31. The van der Waals surface area contributed by atoms with E-state index in [0.29, 0.717) is 32.5 Å². The fourth-order valence-corrected chi connectivity index (χ4v) is 4.94. The van der Waals surface area contributed by atoms with Crippen LogP contribution in [0.25, 0.3) is 0 Å². The first-order chi connectivity index (χ1) is 12.5. The average Bonchev–Trinajstić information content (AvgIpc) is 2.67. The molecule has 1 fully saturated rings. The van der Waals surface area contributed by atoms with Crippen LogP contribution in [0.3, 0.4) is 0 Å². The molecule has 2 amide bonds. The van der Waals surface area contributed by atoms with Crippen LogP contribution >= 0.6 is 0 Å². The Hall–Kier alpha value is -2.41. The lowest BCUT2D eigenvalue weighted by Gasteiger charge is -2.31. The van der Waals surface area contributed by atoms with Crippen LogP contribution in [-0.2, 0) is 22.1 Å². The maximum absolute atomic E-state index is 12.6. The predicted molar refractivity (Wildman–Crippen MR) is 100 cm³/mol. The van der Waals surface area contributed by atoms with E-state index < -0.39 is 9.84 Å². The normalized spacial score (nSPS) is 15.6. The first-order valence-electron chi connectivity index (χ1n) is 8.73. The smallest absolute Gasteiger partial charge is 0.317 e. The molecule has 0 saturated carbocycles. The van der Waals surface area contributed by atoms with Crippen molar-refractivity contribution in [1.82, 2.24) is 15.2 Å². The van der Waals surface area contributed by atoms with Crippen LogP contribution in [0.1, 0.15) is 24.1 Å². The zero-order chi connectivity index (χ0) is 18.4. The SMILES string of the molecule is O=C(NCc1ccccn1)N1CCC(S(=O)(=O)Cc2ccccc2)CC1. The van der Waals surface area contributed by atoms with Crippen LogP contribution in [-0.4, -0.2) is 42.7 Å². The van der Waals surface area contributed by atoms with Gasteiger partial charge in [-0.1, -0.05) is 36.4 Å². The third kappa shape index (κ3) is 4.82. The van der Waals surface area contributed by atoms with Crippen LogP contribution in [0.15, 0.2) is 54.7 Å². The van der Waals surface area contributed by atoms with Crippen molar-refractivity contribution in [2.75, 3.05) is 13.1 Å². The summed E-state index contributed by atoms with van der Waals surface area (Å²) in [5.74, 6) is 0.0599. The molecule has 2 aromatic rings. The Kier molecular flexibility index (Phi) is 5.88. The third-order valence-electron chi connectivity index (χ3n) is 4.59. The van der Waals surface area contributed by atoms with Crippen molar-refractivity contribution in [2.45, 2.75) is 30.4 Å². The number of amides is 2. The second kappa shape index (κ2) is 8.31. The molecule has 6 nitrogen and oxygen atoms in total. The molecule has 26 heavy (non-hydrogen) atoms. The third-order valence-corrected chi connectivity index (χ3v) is 6.82. The summed E-state index contributed by atoms with van der Waals surface area (Å²) in [6.07, 6.45) is 2.64. The van der Waals surface area contributed by atoms with E-state index in [1.807, 2.05) is 48.5 Å². The molecule has 0 unspecified atom stereocenters. The molecule has 1 aromatic heterocycles. The molecular formula is C19H23N3O3S. The van der Waals surface area contributed by atoms with Crippen molar-refractivity contribution in [3.63, 3.8) is 0 Å². The molecule has 138 valence electrons. The van der Waals surface area contributed by atoms with Gasteiger partial charge in [-0.05, 0) is 30.5 Å². The number of likely N-dealkylation sites (tertiary alicyclic amines) is 1. The van der Waals surface area contributed by atoms with Gasteiger partial charge in [0.25, 0.3) is 0 Å². The number of rotatable bonds is 5. The van der Waals surface area contributed by atoms with Crippen LogP contribution < -0.4 is 5.32 Å². The van der Waals surface area contributed by atoms with Crippen molar-refractivity contribution in [3.05, 3.63) is 66.0 Å². The van der Waals surface area contributed by atoms with E-state index >= 15 is 0 Å². The Morgan fingerprint density at radius 3 is 2.42 bits per heavy atom. The fraction of sp³-hybridized carbons (Fsp3) is 0.368. The summed E-state index contributed by atoms with van der Waals surface area (Å²) in [5.41, 5.74) is 1.60. The summed E-state index contributed by atoms with van der Waals surface area (Å²) in [5, 5.41) is 2.45. The molecule has 1 aliphatic rings. The summed E-state index contributed by atoms with van der Waals surface area (Å²) >= 11 is 0. The quantitative estimate of drug-likeness (QED) is 0.873. The minimum Gasteiger partial charge on any atom is -0.332 e. The lowest BCUT2D eigenvalue weighted by Crippen LogP contribution is -2.46. The fourth-order valence-electron chi connectivity index (χ4n) is 3.12. The van der Waals surface area contributed by atoms with Crippen molar-refractivity contribution < 1.29 is 13.2 Å². The van der Waals surface area contributed by atoms with Gasteiger partial charge in [-0.2, -0.15) is 0 Å². The summed E-state index contributed by atoms with van der Waals surface area (Å²) in [6.45, 7) is 1.27. The van der Waals surface area contributed by atoms with Gasteiger partial charge in [0, 0.05) is 19.3 Å². The molecule has 1 aromatic carbocycles. The Bertz CT molecular complexity index is 818. The molecule has 0 radical (unpaired) electrons. The number of carbonyl (C=O) groups is 1. The molecule has 0 bridgehead atoms. The Balaban J connectivity index is 1.49. The van der Waals surface area contributed by atoms with E-state index in [2.05, 4.69) is 10.3 Å². The van der Waals surface area contributed by atoms with Gasteiger partial charge in [-0.15, -0.1) is 0 Å². The minimum atomic E-state index is -3.21. The van der Waals surface area contributed by atoms with E-state index in [0.717, 1.165) is 11.3 Å². The largest absolute Gasteiger partial charge is 0.332 e. The van der Waals surface area contributed by atoms with Gasteiger partial charge in [0.2, 0.25) is 0 Å². The Morgan fingerprint density at radius 2 is 1.77 bits per heavy atom. The first kappa shape index (κ1) is 18.4. The van der Waals surface area contributed by atoms with Crippen molar-refractivity contribution in [2.24, 2.45) is 0 Å². The molecule has 1 aliphatic heterocycles. The summed E-state index contributed by atoms with van der Waals surface area (Å²) in [4.78, 5) is 18.1. The highest BCUT2D eigenvalue weighted by molar-refractivity contribution is 7.91. The number of nitrogens with zero attached hydrogens (tertiary/aromatic N) is 2. The number of carbonyl (C=O) groups excluding carboxylic acids is 1. The van der Waals surface area contributed by atoms with Crippen molar-refractivity contribution >= 4 is 15.9 Å². The number of hydrogen-bond acceptors (Lipinski definition) is 4. The topological polar surface area (TPSA) is 79.4 Å². The number of nitrogens with one attached hydrogen (secondary N) is 1. The zero-order valence-electron chi connectivity index (χ0n) is 14.5. The molecule has 1 saturated heterocycles. The minimum absolute atomic E-state index is 0.0599. The predicted octanol–water partition coefficient (Wildman–Crippen LogP) is 2.37. The molecule has 0 spiro atoms. The van der Waals surface area contributed by atoms with Gasteiger partial charge in [0.15, 0.2) is 9.84 Å². The van der Waals surface area contributed by atoms with Gasteiger partial charge in [0.05, 0.1) is 23.2 Å². The number of piperidine rings is 1. The summed E-state index contributed by atoms with van der Waals surface area (Å²) in [7, 11) is -3.21. The number of urea groups is 1. The lowest BCUT2D eigenvalue weighted by molar-refractivity contribution is 0.186. The summed E-state index contributed by atoms with van der Waals surface area (Å²) < 4.78 is 25.2. The number of aromatic nitrogens is 1. The number of sulfone groups is 1. The van der Waals surface area contributed by atoms with Gasteiger partial charge in [-0.3, -0.25) is 4.98 Å². The van der Waals surface area contributed by atoms with Gasteiger partial charge in [-0.25, -0.2) is 13.2 Å². The maximum atomic E-state index is 12.6. The number of pyridine rings is 1. The second-order valence-electron chi connectivity index (χ2n) is 6.46. The molecule has 1 N–H and O–H groups in total. The van der Waals surface area contributed by atoms with Gasteiger partial charge >= 0.3 is 6.03 Å². The van der Waals surface area contributed by atoms with Crippen LogP contribution in [0.4, 0.5) is 4.79 Å². The van der Waals surface area contributed by atoms with E-state index in [1.54, 1.807) is 11.1 Å². The van der Waals surface area contributed by atoms with Crippen molar-refractivity contribution in [1.29, 1.82) is 0 Å². The Labute approximate surface area is 154 Å². The van der Waals surface area contributed by atoms with Crippen LogP contribution in [0.5, 0.6) is 0 Å². The first-order valence-corrected chi connectivity index (χ1v) is 10.4. The number of hydrogen-bond donors (Lipinski definition) is 1. The summed E-state index contributed by atoms with van der Waals surface area (Å²) in [6, 6.07) is 14.6. The van der Waals surface area contributed by atoms with E-state index in [9.17, 15) is 13.2 Å². The van der Waals surface area contributed by atoms with E-state index in [-0.39, 0.29) is 17.0 Å². The Morgan fingerprint density at radius 1 is 1.08 bits per heavy atom.